The van der Waals surface area contributed by atoms with Gasteiger partial charge in [-0.1, -0.05) is 35.5 Å². The summed E-state index contributed by atoms with van der Waals surface area (Å²) in [5, 5.41) is 13.2. The fourth-order valence-corrected chi connectivity index (χ4v) is 2.45. The molecule has 1 aliphatic heterocycles. The Kier molecular flexibility index (Phi) is 4.50. The molecule has 1 saturated heterocycles. The predicted molar refractivity (Wildman–Crippen MR) is 79.2 cm³/mol. The van der Waals surface area contributed by atoms with E-state index in [0.29, 0.717) is 32.0 Å². The Morgan fingerprint density at radius 3 is 2.95 bits per heavy atom. The fraction of sp³-hybridized carbons (Fsp3) is 0.375. The van der Waals surface area contributed by atoms with Gasteiger partial charge in [-0.25, -0.2) is 0 Å². The maximum atomic E-state index is 12.5. The van der Waals surface area contributed by atoms with Crippen molar-refractivity contribution in [1.82, 2.24) is 10.1 Å². The van der Waals surface area contributed by atoms with Crippen LogP contribution in [0.4, 0.5) is 0 Å². The first-order valence-corrected chi connectivity index (χ1v) is 7.28. The molecule has 0 aliphatic carbocycles. The summed E-state index contributed by atoms with van der Waals surface area (Å²) in [6.45, 7) is 1.86. The lowest BCUT2D eigenvalue weighted by Crippen LogP contribution is -2.36. The van der Waals surface area contributed by atoms with E-state index < -0.39 is 0 Å². The van der Waals surface area contributed by atoms with Crippen LogP contribution in [0.3, 0.4) is 0 Å². The van der Waals surface area contributed by atoms with Gasteiger partial charge in [0, 0.05) is 37.2 Å². The molecule has 1 amide bonds. The summed E-state index contributed by atoms with van der Waals surface area (Å²) in [4.78, 5) is 14.2. The van der Waals surface area contributed by atoms with Crippen molar-refractivity contribution >= 4 is 5.91 Å². The van der Waals surface area contributed by atoms with Crippen LogP contribution in [0.5, 0.6) is 0 Å². The van der Waals surface area contributed by atoms with Crippen molar-refractivity contribution in [3.8, 4) is 11.3 Å². The van der Waals surface area contributed by atoms with Crippen LogP contribution < -0.4 is 0 Å². The molecule has 0 spiro atoms. The lowest BCUT2D eigenvalue weighted by atomic mass is 10.1. The molecule has 116 valence electrons. The zero-order chi connectivity index (χ0) is 15.4. The molecule has 0 radical (unpaired) electrons. The minimum atomic E-state index is -0.223. The third-order valence-electron chi connectivity index (χ3n) is 3.67. The summed E-state index contributed by atoms with van der Waals surface area (Å²) in [5.41, 5.74) is 1.53. The van der Waals surface area contributed by atoms with Gasteiger partial charge in [-0.05, 0) is 0 Å². The molecule has 1 N–H and O–H groups in total. The molecule has 6 nitrogen and oxygen atoms in total. The summed E-state index contributed by atoms with van der Waals surface area (Å²) >= 11 is 0. The molecule has 0 bridgehead atoms. The number of benzene rings is 1. The number of hydrogen-bond donors (Lipinski definition) is 1. The number of aliphatic hydroxyl groups excluding tert-OH is 1. The van der Waals surface area contributed by atoms with Crippen LogP contribution >= 0.6 is 0 Å². The smallest absolute Gasteiger partial charge is 0.292 e. The van der Waals surface area contributed by atoms with Crippen LogP contribution in [-0.2, 0) is 4.74 Å². The zero-order valence-corrected chi connectivity index (χ0v) is 12.1. The average molecular weight is 302 g/mol. The normalized spacial score (nSPS) is 19.0. The molecule has 1 aromatic heterocycles. The van der Waals surface area contributed by atoms with Gasteiger partial charge in [0.05, 0.1) is 13.2 Å². The number of aromatic nitrogens is 1. The molecular weight excluding hydrogens is 284 g/mol. The number of ether oxygens (including phenoxy) is 1. The number of rotatable bonds is 3. The van der Waals surface area contributed by atoms with Crippen molar-refractivity contribution in [2.45, 2.75) is 0 Å². The maximum absolute atomic E-state index is 12.5. The van der Waals surface area contributed by atoms with Gasteiger partial charge < -0.3 is 19.3 Å². The van der Waals surface area contributed by atoms with E-state index >= 15 is 0 Å². The number of carbonyl (C=O) groups is 1. The third kappa shape index (κ3) is 3.18. The Balaban J connectivity index is 1.76. The van der Waals surface area contributed by atoms with Crippen LogP contribution in [0.1, 0.15) is 10.6 Å². The van der Waals surface area contributed by atoms with Crippen LogP contribution in [0.25, 0.3) is 11.3 Å². The highest BCUT2D eigenvalue weighted by atomic mass is 16.5. The zero-order valence-electron chi connectivity index (χ0n) is 12.1. The van der Waals surface area contributed by atoms with Crippen molar-refractivity contribution in [3.63, 3.8) is 0 Å². The summed E-state index contributed by atoms with van der Waals surface area (Å²) in [5.74, 6) is -0.0842. The second kappa shape index (κ2) is 6.72. The molecule has 2 heterocycles. The van der Waals surface area contributed by atoms with Gasteiger partial charge >= 0.3 is 0 Å². The minimum absolute atomic E-state index is 0.00451. The Morgan fingerprint density at radius 1 is 1.36 bits per heavy atom. The van der Waals surface area contributed by atoms with Crippen molar-refractivity contribution in [1.29, 1.82) is 0 Å². The molecule has 1 aliphatic rings. The van der Waals surface area contributed by atoms with Crippen molar-refractivity contribution in [2.75, 3.05) is 32.9 Å². The monoisotopic (exact) mass is 302 g/mol. The first-order valence-electron chi connectivity index (χ1n) is 7.28. The van der Waals surface area contributed by atoms with E-state index in [2.05, 4.69) is 5.16 Å². The first kappa shape index (κ1) is 14.7. The van der Waals surface area contributed by atoms with E-state index in [-0.39, 0.29) is 24.2 Å². The molecule has 0 unspecified atom stereocenters. The largest absolute Gasteiger partial charge is 0.396 e. The standard InChI is InChI=1S/C16H18N2O4/c19-10-12-9-18(6-7-21-11-12)16(20)15-8-14(17-22-15)13-4-2-1-3-5-13/h1-5,8,12,19H,6-7,9-11H2/t12-/m0/s1. The molecular formula is C16H18N2O4. The molecule has 1 aromatic carbocycles. The Labute approximate surface area is 128 Å². The number of amides is 1. The van der Waals surface area contributed by atoms with Crippen molar-refractivity contribution in [2.24, 2.45) is 5.92 Å². The maximum Gasteiger partial charge on any atom is 0.292 e. The van der Waals surface area contributed by atoms with Crippen molar-refractivity contribution in [3.05, 3.63) is 42.2 Å². The minimum Gasteiger partial charge on any atom is -0.396 e. The van der Waals surface area contributed by atoms with E-state index in [4.69, 9.17) is 9.26 Å². The SMILES string of the molecule is O=C(c1cc(-c2ccccc2)no1)N1CCOC[C@H](CO)C1. The molecule has 6 heteroatoms. The van der Waals surface area contributed by atoms with E-state index in [1.54, 1.807) is 11.0 Å². The molecule has 0 saturated carbocycles. The summed E-state index contributed by atoms with van der Waals surface area (Å²) in [6, 6.07) is 11.2. The topological polar surface area (TPSA) is 75.8 Å². The van der Waals surface area contributed by atoms with Crippen LogP contribution in [-0.4, -0.2) is 54.0 Å². The Bertz CT molecular complexity index is 626. The van der Waals surface area contributed by atoms with Gasteiger partial charge in [-0.2, -0.15) is 0 Å². The fourth-order valence-electron chi connectivity index (χ4n) is 2.45. The number of aliphatic hydroxyl groups is 1. The lowest BCUT2D eigenvalue weighted by molar-refractivity contribution is 0.0686. The van der Waals surface area contributed by atoms with Crippen LogP contribution in [0, 0.1) is 5.92 Å². The third-order valence-corrected chi connectivity index (χ3v) is 3.67. The summed E-state index contributed by atoms with van der Waals surface area (Å²) in [7, 11) is 0. The molecule has 1 fully saturated rings. The molecule has 1 atom stereocenters. The first-order chi connectivity index (χ1) is 10.8. The van der Waals surface area contributed by atoms with Crippen molar-refractivity contribution < 1.29 is 19.2 Å². The highest BCUT2D eigenvalue weighted by molar-refractivity contribution is 5.92. The van der Waals surface area contributed by atoms with Gasteiger partial charge in [0.2, 0.25) is 5.76 Å². The van der Waals surface area contributed by atoms with Crippen LogP contribution in [0.2, 0.25) is 0 Å². The van der Waals surface area contributed by atoms with E-state index in [1.807, 2.05) is 30.3 Å². The summed E-state index contributed by atoms with van der Waals surface area (Å²) < 4.78 is 10.6. The number of nitrogens with zero attached hydrogens (tertiary/aromatic N) is 2. The van der Waals surface area contributed by atoms with Gasteiger partial charge in [-0.15, -0.1) is 0 Å². The summed E-state index contributed by atoms with van der Waals surface area (Å²) in [6.07, 6.45) is 0. The van der Waals surface area contributed by atoms with E-state index in [9.17, 15) is 9.90 Å². The van der Waals surface area contributed by atoms with Gasteiger partial charge in [0.1, 0.15) is 5.69 Å². The highest BCUT2D eigenvalue weighted by Gasteiger charge is 2.25. The second-order valence-corrected chi connectivity index (χ2v) is 5.32. The van der Waals surface area contributed by atoms with E-state index in [0.717, 1.165) is 5.56 Å². The molecule has 3 rings (SSSR count). The average Bonchev–Trinajstić information content (AvgIpc) is 2.93. The Hall–Kier alpha value is -2.18. The van der Waals surface area contributed by atoms with Gasteiger partial charge in [0.15, 0.2) is 0 Å². The Morgan fingerprint density at radius 2 is 2.18 bits per heavy atom. The second-order valence-electron chi connectivity index (χ2n) is 5.32. The lowest BCUT2D eigenvalue weighted by Gasteiger charge is -2.21. The number of hydrogen-bond acceptors (Lipinski definition) is 5. The molecule has 2 aromatic rings. The molecule has 22 heavy (non-hydrogen) atoms. The van der Waals surface area contributed by atoms with Crippen LogP contribution in [0.15, 0.2) is 40.9 Å². The van der Waals surface area contributed by atoms with E-state index in [1.165, 1.54) is 0 Å². The highest BCUT2D eigenvalue weighted by Crippen LogP contribution is 2.20. The van der Waals surface area contributed by atoms with Gasteiger partial charge in [-0.3, -0.25) is 4.79 Å². The quantitative estimate of drug-likeness (QED) is 0.928. The number of carbonyl (C=O) groups excluding carboxylic acids is 1. The van der Waals surface area contributed by atoms with Gasteiger partial charge in [0.25, 0.3) is 5.91 Å². The predicted octanol–water partition coefficient (Wildman–Crippen LogP) is 1.42.